The third-order valence-electron chi connectivity index (χ3n) is 5.31. The standard InChI is InChI=1S/C24H17F3N2O7/c25-24(26,27)18-4-2-1-3-16(18)19-9-13-5-6-14(10-17(13)22(33)28-19)29-11-15(36-23(29)34)12-35-21(32)8-7-20(30)31/h1-10,15H,11-12H2,(H,28,33)(H,30,31)/t15-/m0/s1. The summed E-state index contributed by atoms with van der Waals surface area (Å²) < 4.78 is 50.3. The van der Waals surface area contributed by atoms with Gasteiger partial charge in [-0.25, -0.2) is 14.4 Å². The molecule has 1 saturated heterocycles. The van der Waals surface area contributed by atoms with Gasteiger partial charge in [-0.3, -0.25) is 9.69 Å². The summed E-state index contributed by atoms with van der Waals surface area (Å²) in [4.78, 5) is 50.7. The maximum absolute atomic E-state index is 13.4. The number of hydrogen-bond acceptors (Lipinski definition) is 6. The number of nitrogens with one attached hydrogen (secondary N) is 1. The van der Waals surface area contributed by atoms with Crippen LogP contribution in [-0.2, 0) is 25.2 Å². The van der Waals surface area contributed by atoms with Crippen LogP contribution in [0.1, 0.15) is 5.56 Å². The van der Waals surface area contributed by atoms with Gasteiger partial charge in [-0.05, 0) is 29.7 Å². The number of amides is 1. The lowest BCUT2D eigenvalue weighted by Crippen LogP contribution is -2.26. The number of hydrogen-bond donors (Lipinski definition) is 2. The number of aromatic amines is 1. The average molecular weight is 502 g/mol. The molecule has 2 heterocycles. The van der Waals surface area contributed by atoms with Crippen molar-refractivity contribution in [2.75, 3.05) is 18.1 Å². The highest BCUT2D eigenvalue weighted by molar-refractivity contribution is 5.95. The molecule has 1 aliphatic rings. The SMILES string of the molecule is O=C(O)C=CC(=O)OC[C@@H]1CN(c2ccc3cc(-c4ccccc4C(F)(F)F)[nH]c(=O)c3c2)C(=O)O1. The van der Waals surface area contributed by atoms with Gasteiger partial charge < -0.3 is 19.6 Å². The van der Waals surface area contributed by atoms with Crippen molar-refractivity contribution in [2.45, 2.75) is 12.3 Å². The first kappa shape index (κ1) is 24.5. The van der Waals surface area contributed by atoms with Crippen molar-refractivity contribution in [1.82, 2.24) is 4.98 Å². The highest BCUT2D eigenvalue weighted by Crippen LogP contribution is 2.36. The highest BCUT2D eigenvalue weighted by Gasteiger charge is 2.34. The first-order valence-electron chi connectivity index (χ1n) is 10.4. The van der Waals surface area contributed by atoms with Crippen LogP contribution in [0.5, 0.6) is 0 Å². The molecule has 1 aromatic heterocycles. The molecule has 2 aromatic carbocycles. The number of carbonyl (C=O) groups excluding carboxylic acids is 2. The molecular formula is C24H17F3N2O7. The Bertz CT molecular complexity index is 1450. The van der Waals surface area contributed by atoms with Crippen LogP contribution in [0.3, 0.4) is 0 Å². The Morgan fingerprint density at radius 3 is 2.61 bits per heavy atom. The van der Waals surface area contributed by atoms with E-state index in [1.807, 2.05) is 0 Å². The van der Waals surface area contributed by atoms with Gasteiger partial charge in [-0.1, -0.05) is 24.3 Å². The van der Waals surface area contributed by atoms with E-state index in [0.29, 0.717) is 23.2 Å². The Balaban J connectivity index is 1.56. The van der Waals surface area contributed by atoms with E-state index in [4.69, 9.17) is 14.6 Å². The number of cyclic esters (lactones) is 1. The maximum Gasteiger partial charge on any atom is 0.417 e. The topological polar surface area (TPSA) is 126 Å². The second-order valence-corrected chi connectivity index (χ2v) is 7.75. The van der Waals surface area contributed by atoms with Gasteiger partial charge >= 0.3 is 24.2 Å². The lowest BCUT2D eigenvalue weighted by atomic mass is 10.0. The summed E-state index contributed by atoms with van der Waals surface area (Å²) in [7, 11) is 0. The number of carboxylic acids is 1. The Morgan fingerprint density at radius 2 is 1.89 bits per heavy atom. The van der Waals surface area contributed by atoms with E-state index < -0.39 is 41.4 Å². The lowest BCUT2D eigenvalue weighted by molar-refractivity contribution is -0.140. The number of alkyl halides is 3. The van der Waals surface area contributed by atoms with Crippen molar-refractivity contribution in [3.63, 3.8) is 0 Å². The van der Waals surface area contributed by atoms with Crippen LogP contribution in [0.4, 0.5) is 23.7 Å². The molecule has 36 heavy (non-hydrogen) atoms. The summed E-state index contributed by atoms with van der Waals surface area (Å²) in [5, 5.41) is 9.01. The van der Waals surface area contributed by atoms with Crippen molar-refractivity contribution >= 4 is 34.5 Å². The van der Waals surface area contributed by atoms with Gasteiger partial charge in [-0.15, -0.1) is 0 Å². The molecule has 0 aliphatic carbocycles. The fourth-order valence-corrected chi connectivity index (χ4v) is 3.71. The van der Waals surface area contributed by atoms with Crippen LogP contribution in [0, 0.1) is 0 Å². The molecule has 1 amide bonds. The predicted molar refractivity (Wildman–Crippen MR) is 120 cm³/mol. The molecular weight excluding hydrogens is 485 g/mol. The molecule has 0 radical (unpaired) electrons. The number of pyridine rings is 1. The lowest BCUT2D eigenvalue weighted by Gasteiger charge is -2.15. The van der Waals surface area contributed by atoms with Crippen LogP contribution in [0.2, 0.25) is 0 Å². The minimum atomic E-state index is -4.61. The van der Waals surface area contributed by atoms with Gasteiger partial charge in [0.05, 0.1) is 12.1 Å². The number of fused-ring (bicyclic) bond motifs is 1. The zero-order valence-electron chi connectivity index (χ0n) is 18.2. The number of aliphatic carboxylic acids is 1. The second kappa shape index (κ2) is 9.56. The van der Waals surface area contributed by atoms with Gasteiger partial charge in [0.1, 0.15) is 6.61 Å². The maximum atomic E-state index is 13.4. The number of carboxylic acid groups (broad SMARTS) is 1. The van der Waals surface area contributed by atoms with E-state index >= 15 is 0 Å². The molecule has 1 atom stereocenters. The van der Waals surface area contributed by atoms with Gasteiger partial charge in [-0.2, -0.15) is 13.2 Å². The molecule has 2 N–H and O–H groups in total. The molecule has 186 valence electrons. The van der Waals surface area contributed by atoms with Crippen molar-refractivity contribution in [3.8, 4) is 11.3 Å². The van der Waals surface area contributed by atoms with E-state index in [0.717, 1.165) is 6.07 Å². The molecule has 1 aliphatic heterocycles. The summed E-state index contributed by atoms with van der Waals surface area (Å²) in [6, 6.07) is 10.7. The predicted octanol–water partition coefficient (Wildman–Crippen LogP) is 3.72. The zero-order valence-corrected chi connectivity index (χ0v) is 18.2. The summed E-state index contributed by atoms with van der Waals surface area (Å²) in [6.45, 7) is -0.337. The second-order valence-electron chi connectivity index (χ2n) is 7.75. The number of nitrogens with zero attached hydrogens (tertiary/aromatic N) is 1. The van der Waals surface area contributed by atoms with Crippen molar-refractivity contribution in [2.24, 2.45) is 0 Å². The number of H-pyrrole nitrogens is 1. The van der Waals surface area contributed by atoms with Gasteiger partial charge in [0.25, 0.3) is 5.56 Å². The first-order valence-corrected chi connectivity index (χ1v) is 10.4. The largest absolute Gasteiger partial charge is 0.478 e. The number of carbonyl (C=O) groups is 3. The van der Waals surface area contributed by atoms with Crippen LogP contribution in [0.15, 0.2) is 65.5 Å². The Morgan fingerprint density at radius 1 is 1.14 bits per heavy atom. The van der Waals surface area contributed by atoms with E-state index in [1.54, 1.807) is 0 Å². The summed E-state index contributed by atoms with van der Waals surface area (Å²) >= 11 is 0. The number of rotatable bonds is 6. The van der Waals surface area contributed by atoms with Crippen LogP contribution < -0.4 is 10.5 Å². The van der Waals surface area contributed by atoms with E-state index in [-0.39, 0.29) is 29.8 Å². The van der Waals surface area contributed by atoms with Gasteiger partial charge in [0.15, 0.2) is 6.10 Å². The first-order chi connectivity index (χ1) is 17.0. The molecule has 4 rings (SSSR count). The van der Waals surface area contributed by atoms with Crippen molar-refractivity contribution in [3.05, 3.63) is 76.6 Å². The Labute approximate surface area is 200 Å². The third kappa shape index (κ3) is 5.22. The van der Waals surface area contributed by atoms with Crippen LogP contribution >= 0.6 is 0 Å². The molecule has 3 aromatic rings. The molecule has 12 heteroatoms. The summed E-state index contributed by atoms with van der Waals surface area (Å²) in [5.74, 6) is -2.25. The number of aromatic nitrogens is 1. The fraction of sp³-hybridized carbons (Fsp3) is 0.167. The van der Waals surface area contributed by atoms with Gasteiger partial charge in [0, 0.05) is 34.5 Å². The summed E-state index contributed by atoms with van der Waals surface area (Å²) in [6.07, 6.45) is -4.89. The average Bonchev–Trinajstić information content (AvgIpc) is 3.21. The molecule has 0 saturated carbocycles. The van der Waals surface area contributed by atoms with Crippen molar-refractivity contribution < 1.29 is 42.1 Å². The molecule has 0 bridgehead atoms. The van der Waals surface area contributed by atoms with E-state index in [1.165, 1.54) is 47.4 Å². The van der Waals surface area contributed by atoms with E-state index in [2.05, 4.69) is 4.98 Å². The number of ether oxygens (including phenoxy) is 2. The molecule has 9 nitrogen and oxygen atoms in total. The fourth-order valence-electron chi connectivity index (χ4n) is 3.71. The normalized spacial score (nSPS) is 15.9. The van der Waals surface area contributed by atoms with Crippen molar-refractivity contribution in [1.29, 1.82) is 0 Å². The Hall–Kier alpha value is -4.61. The number of anilines is 1. The molecule has 0 unspecified atom stereocenters. The number of benzene rings is 2. The minimum Gasteiger partial charge on any atom is -0.478 e. The van der Waals surface area contributed by atoms with Crippen LogP contribution in [-0.4, -0.2) is 47.4 Å². The highest BCUT2D eigenvalue weighted by atomic mass is 19.4. The number of halogens is 3. The zero-order chi connectivity index (χ0) is 26.0. The smallest absolute Gasteiger partial charge is 0.417 e. The molecule has 0 spiro atoms. The summed E-state index contributed by atoms with van der Waals surface area (Å²) in [5.41, 5.74) is -1.42. The quantitative estimate of drug-likeness (QED) is 0.389. The van der Waals surface area contributed by atoms with Crippen LogP contribution in [0.25, 0.3) is 22.0 Å². The minimum absolute atomic E-state index is 0.00687. The Kier molecular flexibility index (Phi) is 6.51. The monoisotopic (exact) mass is 502 g/mol. The van der Waals surface area contributed by atoms with Gasteiger partial charge in [0.2, 0.25) is 0 Å². The molecule has 1 fully saturated rings. The van der Waals surface area contributed by atoms with E-state index in [9.17, 15) is 32.3 Å². The number of esters is 1. The third-order valence-corrected chi connectivity index (χ3v) is 5.31.